The molecule has 106 valence electrons. The Morgan fingerprint density at radius 3 is 2.06 bits per heavy atom. The summed E-state index contributed by atoms with van der Waals surface area (Å²) < 4.78 is 0. The molecule has 0 saturated carbocycles. The first-order valence-electron chi connectivity index (χ1n) is 8.64. The highest BCUT2D eigenvalue weighted by atomic mass is 15.3. The molecule has 2 aliphatic heterocycles. The molecular formula is C17H33N. The predicted molar refractivity (Wildman–Crippen MR) is 80.0 cm³/mol. The van der Waals surface area contributed by atoms with E-state index < -0.39 is 0 Å². The molecule has 1 heteroatoms. The second-order valence-electron chi connectivity index (χ2n) is 6.55. The molecule has 0 N–H and O–H groups in total. The molecule has 0 bridgehead atoms. The van der Waals surface area contributed by atoms with E-state index in [9.17, 15) is 0 Å². The van der Waals surface area contributed by atoms with Crippen LogP contribution in [0.3, 0.4) is 0 Å². The number of unbranched alkanes of at least 4 members (excludes halogenated alkanes) is 4. The van der Waals surface area contributed by atoms with Gasteiger partial charge >= 0.3 is 0 Å². The van der Waals surface area contributed by atoms with Gasteiger partial charge in [0.15, 0.2) is 0 Å². The van der Waals surface area contributed by atoms with Gasteiger partial charge in [-0.1, -0.05) is 52.4 Å². The number of nitrogens with zero attached hydrogens (tertiary/aromatic N) is 1. The van der Waals surface area contributed by atoms with Crippen molar-refractivity contribution in [3.8, 4) is 0 Å². The summed E-state index contributed by atoms with van der Waals surface area (Å²) in [6.07, 6.45) is 17.5. The lowest BCUT2D eigenvalue weighted by atomic mass is 10.0. The van der Waals surface area contributed by atoms with Gasteiger partial charge in [0.25, 0.3) is 0 Å². The molecule has 2 aliphatic rings. The zero-order valence-electron chi connectivity index (χ0n) is 12.7. The van der Waals surface area contributed by atoms with Gasteiger partial charge in [-0.05, 0) is 38.5 Å². The monoisotopic (exact) mass is 251 g/mol. The smallest absolute Gasteiger partial charge is 0.0102 e. The minimum absolute atomic E-state index is 0.947. The molecule has 2 heterocycles. The van der Waals surface area contributed by atoms with Crippen LogP contribution in [0.15, 0.2) is 0 Å². The van der Waals surface area contributed by atoms with Crippen LogP contribution in [0.2, 0.25) is 0 Å². The van der Waals surface area contributed by atoms with Gasteiger partial charge in [-0.2, -0.15) is 0 Å². The molecule has 3 atom stereocenters. The zero-order valence-corrected chi connectivity index (χ0v) is 12.7. The quantitative estimate of drug-likeness (QED) is 0.540. The second-order valence-corrected chi connectivity index (χ2v) is 6.55. The van der Waals surface area contributed by atoms with Crippen LogP contribution in [0.1, 0.15) is 90.9 Å². The average molecular weight is 251 g/mol. The Hall–Kier alpha value is -0.0400. The van der Waals surface area contributed by atoms with E-state index in [0.717, 1.165) is 18.1 Å². The number of hydrogen-bond donors (Lipinski definition) is 0. The molecular weight excluding hydrogens is 218 g/mol. The molecule has 0 aromatic rings. The highest BCUT2D eigenvalue weighted by molar-refractivity contribution is 4.96. The van der Waals surface area contributed by atoms with Crippen molar-refractivity contribution in [2.24, 2.45) is 0 Å². The van der Waals surface area contributed by atoms with E-state index >= 15 is 0 Å². The first kappa shape index (κ1) is 14.4. The van der Waals surface area contributed by atoms with Crippen molar-refractivity contribution in [1.82, 2.24) is 4.90 Å². The van der Waals surface area contributed by atoms with Gasteiger partial charge in [-0.15, -0.1) is 0 Å². The molecule has 0 amide bonds. The SMILES string of the molecule is CCCCCCC[C@H]1CC[C@@H]2CC[C@@H](CCC)N21. The van der Waals surface area contributed by atoms with Crippen molar-refractivity contribution in [2.45, 2.75) is 109 Å². The summed E-state index contributed by atoms with van der Waals surface area (Å²) in [4.78, 5) is 2.95. The van der Waals surface area contributed by atoms with Crippen molar-refractivity contribution in [2.75, 3.05) is 0 Å². The maximum absolute atomic E-state index is 2.95. The van der Waals surface area contributed by atoms with E-state index in [0.29, 0.717) is 0 Å². The van der Waals surface area contributed by atoms with Crippen LogP contribution in [-0.4, -0.2) is 23.0 Å². The van der Waals surface area contributed by atoms with E-state index in [1.54, 1.807) is 0 Å². The van der Waals surface area contributed by atoms with Gasteiger partial charge in [0.1, 0.15) is 0 Å². The lowest BCUT2D eigenvalue weighted by Crippen LogP contribution is -2.38. The van der Waals surface area contributed by atoms with Crippen molar-refractivity contribution in [3.05, 3.63) is 0 Å². The number of fused-ring (bicyclic) bond motifs is 1. The standard InChI is InChI=1S/C17H33N/c1-3-5-6-7-8-10-16-12-14-17-13-11-15(9-4-2)18(16)17/h15-17H,3-14H2,1-2H3/t15-,16+,17+/m1/s1. The fourth-order valence-electron chi connectivity index (χ4n) is 4.31. The fraction of sp³-hybridized carbons (Fsp3) is 1.00. The number of hydrogen-bond acceptors (Lipinski definition) is 1. The van der Waals surface area contributed by atoms with Gasteiger partial charge in [-0.25, -0.2) is 0 Å². The van der Waals surface area contributed by atoms with Crippen LogP contribution in [0.5, 0.6) is 0 Å². The maximum Gasteiger partial charge on any atom is 0.0102 e. The lowest BCUT2D eigenvalue weighted by molar-refractivity contribution is 0.163. The summed E-state index contributed by atoms with van der Waals surface area (Å²) in [5.41, 5.74) is 0. The molecule has 0 unspecified atom stereocenters. The van der Waals surface area contributed by atoms with Gasteiger partial charge in [0.05, 0.1) is 0 Å². The summed E-state index contributed by atoms with van der Waals surface area (Å²) >= 11 is 0. The normalized spacial score (nSPS) is 32.0. The van der Waals surface area contributed by atoms with Crippen LogP contribution in [0.25, 0.3) is 0 Å². The van der Waals surface area contributed by atoms with E-state index in [4.69, 9.17) is 0 Å². The van der Waals surface area contributed by atoms with Gasteiger partial charge in [-0.3, -0.25) is 4.90 Å². The second kappa shape index (κ2) is 7.53. The Morgan fingerprint density at radius 1 is 0.722 bits per heavy atom. The first-order valence-corrected chi connectivity index (χ1v) is 8.64. The summed E-state index contributed by atoms with van der Waals surface area (Å²) in [7, 11) is 0. The zero-order chi connectivity index (χ0) is 12.8. The maximum atomic E-state index is 2.95. The topological polar surface area (TPSA) is 3.24 Å². The summed E-state index contributed by atoms with van der Waals surface area (Å²) in [5, 5.41) is 0. The van der Waals surface area contributed by atoms with Gasteiger partial charge < -0.3 is 0 Å². The predicted octanol–water partition coefficient (Wildman–Crippen LogP) is 5.14. The third kappa shape index (κ3) is 3.50. The summed E-state index contributed by atoms with van der Waals surface area (Å²) in [5.74, 6) is 0. The minimum atomic E-state index is 0.947. The van der Waals surface area contributed by atoms with E-state index in [2.05, 4.69) is 18.7 Å². The van der Waals surface area contributed by atoms with Gasteiger partial charge in [0, 0.05) is 18.1 Å². The summed E-state index contributed by atoms with van der Waals surface area (Å²) in [6, 6.07) is 2.88. The van der Waals surface area contributed by atoms with Crippen LogP contribution in [-0.2, 0) is 0 Å². The van der Waals surface area contributed by atoms with Crippen LogP contribution < -0.4 is 0 Å². The molecule has 2 saturated heterocycles. The highest BCUT2D eigenvalue weighted by Crippen LogP contribution is 2.39. The molecule has 0 radical (unpaired) electrons. The first-order chi connectivity index (χ1) is 8.86. The molecule has 18 heavy (non-hydrogen) atoms. The molecule has 1 nitrogen and oxygen atoms in total. The van der Waals surface area contributed by atoms with E-state index in [1.807, 2.05) is 0 Å². The molecule has 0 aromatic heterocycles. The van der Waals surface area contributed by atoms with Crippen LogP contribution in [0, 0.1) is 0 Å². The highest BCUT2D eigenvalue weighted by Gasteiger charge is 2.41. The largest absolute Gasteiger partial charge is 0.294 e. The van der Waals surface area contributed by atoms with E-state index in [-0.39, 0.29) is 0 Å². The Morgan fingerprint density at radius 2 is 1.39 bits per heavy atom. The number of rotatable bonds is 8. The Kier molecular flexibility index (Phi) is 6.01. The lowest BCUT2D eigenvalue weighted by Gasteiger charge is -2.30. The molecule has 0 aromatic carbocycles. The Balaban J connectivity index is 1.71. The summed E-state index contributed by atoms with van der Waals surface area (Å²) in [6.45, 7) is 4.66. The molecule has 2 rings (SSSR count). The molecule has 2 fully saturated rings. The average Bonchev–Trinajstić information content (AvgIpc) is 2.94. The van der Waals surface area contributed by atoms with Crippen LogP contribution in [0.4, 0.5) is 0 Å². The third-order valence-corrected chi connectivity index (χ3v) is 5.19. The third-order valence-electron chi connectivity index (χ3n) is 5.19. The molecule has 0 spiro atoms. The molecule has 0 aliphatic carbocycles. The van der Waals surface area contributed by atoms with Crippen molar-refractivity contribution in [1.29, 1.82) is 0 Å². The minimum Gasteiger partial charge on any atom is -0.294 e. The van der Waals surface area contributed by atoms with Crippen molar-refractivity contribution >= 4 is 0 Å². The van der Waals surface area contributed by atoms with E-state index in [1.165, 1.54) is 77.0 Å². The fourth-order valence-corrected chi connectivity index (χ4v) is 4.31. The van der Waals surface area contributed by atoms with Crippen LogP contribution >= 0.6 is 0 Å². The Bertz CT molecular complexity index is 224. The van der Waals surface area contributed by atoms with Crippen molar-refractivity contribution < 1.29 is 0 Å². The van der Waals surface area contributed by atoms with Crippen molar-refractivity contribution in [3.63, 3.8) is 0 Å². The Labute approximate surface area is 114 Å². The van der Waals surface area contributed by atoms with Gasteiger partial charge in [0.2, 0.25) is 0 Å².